The lowest BCUT2D eigenvalue weighted by atomic mass is 10.4. The molecule has 1 aliphatic carbocycles. The van der Waals surface area contributed by atoms with Gasteiger partial charge in [-0.05, 0) is 12.8 Å². The van der Waals surface area contributed by atoms with Crippen molar-refractivity contribution >= 4 is 17.0 Å². The van der Waals surface area contributed by atoms with Crippen LogP contribution in [0.2, 0.25) is 0 Å². The average molecular weight is 306 g/mol. The number of rotatable bonds is 5. The average Bonchev–Trinajstić information content (AvgIpc) is 3.04. The molecule has 0 bridgehead atoms. The number of H-pyrrole nitrogens is 1. The van der Waals surface area contributed by atoms with E-state index >= 15 is 0 Å². The summed E-state index contributed by atoms with van der Waals surface area (Å²) in [5.41, 5.74) is 1.37. The van der Waals surface area contributed by atoms with Crippen LogP contribution < -0.4 is 5.32 Å². The zero-order chi connectivity index (χ0) is 15.1. The Morgan fingerprint density at radius 1 is 1.36 bits per heavy atom. The Morgan fingerprint density at radius 3 is 3.00 bits per heavy atom. The fraction of sp³-hybridized carbons (Fsp3) is 0.417. The van der Waals surface area contributed by atoms with E-state index in [1.807, 2.05) is 0 Å². The number of alkyl halides is 2. The Bertz CT molecular complexity index is 806. The van der Waals surface area contributed by atoms with Crippen LogP contribution in [0.25, 0.3) is 22.7 Å². The topological polar surface area (TPSA) is 97.2 Å². The molecule has 22 heavy (non-hydrogen) atoms. The molecule has 0 saturated heterocycles. The minimum absolute atomic E-state index is 0.277. The zero-order valence-corrected chi connectivity index (χ0v) is 11.4. The highest BCUT2D eigenvalue weighted by molar-refractivity contribution is 5.84. The van der Waals surface area contributed by atoms with Gasteiger partial charge in [0.25, 0.3) is 6.43 Å². The smallest absolute Gasteiger partial charge is 0.255 e. The summed E-state index contributed by atoms with van der Waals surface area (Å²) in [5, 5.41) is 10.7. The number of nitrogens with one attached hydrogen (secondary N) is 2. The molecular formula is C12H12F2N8. The van der Waals surface area contributed by atoms with Crippen LogP contribution in [0.1, 0.15) is 18.9 Å². The number of halogens is 2. The van der Waals surface area contributed by atoms with E-state index in [1.165, 1.54) is 6.33 Å². The molecule has 0 spiro atoms. The largest absolute Gasteiger partial charge is 0.362 e. The van der Waals surface area contributed by atoms with Crippen LogP contribution in [0.4, 0.5) is 14.6 Å². The van der Waals surface area contributed by atoms with Crippen molar-refractivity contribution < 1.29 is 8.78 Å². The van der Waals surface area contributed by atoms with Crippen molar-refractivity contribution in [3.8, 4) is 11.5 Å². The van der Waals surface area contributed by atoms with E-state index < -0.39 is 13.0 Å². The molecule has 3 heterocycles. The van der Waals surface area contributed by atoms with Crippen molar-refractivity contribution in [1.82, 2.24) is 34.9 Å². The monoisotopic (exact) mass is 306 g/mol. The summed E-state index contributed by atoms with van der Waals surface area (Å²) in [6.45, 7) is -0.501. The number of anilines is 1. The first-order valence-corrected chi connectivity index (χ1v) is 6.86. The third kappa shape index (κ3) is 2.36. The van der Waals surface area contributed by atoms with Gasteiger partial charge in [-0.3, -0.25) is 0 Å². The minimum Gasteiger partial charge on any atom is -0.362 e. The van der Waals surface area contributed by atoms with Crippen molar-refractivity contribution in [1.29, 1.82) is 0 Å². The molecule has 10 heteroatoms. The second-order valence-corrected chi connectivity index (χ2v) is 5.08. The lowest BCUT2D eigenvalue weighted by molar-refractivity contribution is 0.163. The van der Waals surface area contributed by atoms with E-state index in [0.29, 0.717) is 28.7 Å². The first kappa shape index (κ1) is 13.0. The van der Waals surface area contributed by atoms with Gasteiger partial charge in [-0.15, -0.1) is 5.10 Å². The molecule has 0 radical (unpaired) electrons. The summed E-state index contributed by atoms with van der Waals surface area (Å²) in [6, 6.07) is 0.395. The molecule has 114 valence electrons. The van der Waals surface area contributed by atoms with Gasteiger partial charge in [0, 0.05) is 0 Å². The lowest BCUT2D eigenvalue weighted by Gasteiger charge is -2.06. The number of imidazole rings is 1. The van der Waals surface area contributed by atoms with E-state index in [0.717, 1.165) is 12.8 Å². The van der Waals surface area contributed by atoms with E-state index in [4.69, 9.17) is 0 Å². The van der Waals surface area contributed by atoms with Crippen LogP contribution in [0.3, 0.4) is 0 Å². The normalized spacial score (nSPS) is 14.9. The minimum atomic E-state index is -2.48. The molecule has 4 rings (SSSR count). The van der Waals surface area contributed by atoms with Crippen LogP contribution in [0.15, 0.2) is 12.5 Å². The number of aromatic amines is 1. The van der Waals surface area contributed by atoms with E-state index in [2.05, 4.69) is 35.6 Å². The van der Waals surface area contributed by atoms with Gasteiger partial charge in [0.05, 0.1) is 25.1 Å². The fourth-order valence-electron chi connectivity index (χ4n) is 2.15. The van der Waals surface area contributed by atoms with Crippen LogP contribution in [-0.2, 0) is 0 Å². The summed E-state index contributed by atoms with van der Waals surface area (Å²) in [6.07, 6.45) is 2.90. The second-order valence-electron chi connectivity index (χ2n) is 5.08. The van der Waals surface area contributed by atoms with E-state index in [9.17, 15) is 8.78 Å². The Hall–Kier alpha value is -2.65. The molecule has 3 aromatic heterocycles. The SMILES string of the molecule is FC(F)CNc1nc(-c2cn(C3CC3)nn2)nc2nc[nH]c12. The quantitative estimate of drug-likeness (QED) is 0.743. The van der Waals surface area contributed by atoms with Crippen LogP contribution in [0, 0.1) is 0 Å². The number of fused-ring (bicyclic) bond motifs is 1. The predicted octanol–water partition coefficient (Wildman–Crippen LogP) is 1.62. The molecule has 3 aromatic rings. The Kier molecular flexibility index (Phi) is 2.94. The van der Waals surface area contributed by atoms with Gasteiger partial charge >= 0.3 is 0 Å². The second kappa shape index (κ2) is 4.97. The third-order valence-electron chi connectivity index (χ3n) is 3.37. The summed E-state index contributed by atoms with van der Waals surface area (Å²) in [4.78, 5) is 15.5. The highest BCUT2D eigenvalue weighted by Crippen LogP contribution is 2.34. The Balaban J connectivity index is 1.72. The van der Waals surface area contributed by atoms with Crippen molar-refractivity contribution in [3.05, 3.63) is 12.5 Å². The molecule has 0 aromatic carbocycles. The molecule has 0 unspecified atom stereocenters. The van der Waals surface area contributed by atoms with Crippen LogP contribution in [0.5, 0.6) is 0 Å². The molecule has 0 aliphatic heterocycles. The molecular weight excluding hydrogens is 294 g/mol. The van der Waals surface area contributed by atoms with Crippen molar-refractivity contribution in [2.75, 3.05) is 11.9 Å². The standard InChI is InChI=1S/C12H12F2N8/c13-8(14)3-15-11-9-12(17-5-16-9)19-10(18-11)7-4-22(21-20-7)6-1-2-6/h4-6,8H,1-3H2,(H2,15,16,17,18,19). The Morgan fingerprint density at radius 2 is 2.23 bits per heavy atom. The van der Waals surface area contributed by atoms with Gasteiger partial charge in [0.1, 0.15) is 5.52 Å². The third-order valence-corrected chi connectivity index (χ3v) is 3.37. The number of aromatic nitrogens is 7. The van der Waals surface area contributed by atoms with Gasteiger partial charge in [-0.25, -0.2) is 28.4 Å². The summed E-state index contributed by atoms with van der Waals surface area (Å²) in [5.74, 6) is 0.585. The first-order chi connectivity index (χ1) is 10.7. The molecule has 0 amide bonds. The van der Waals surface area contributed by atoms with Gasteiger partial charge < -0.3 is 10.3 Å². The predicted molar refractivity (Wildman–Crippen MR) is 73.5 cm³/mol. The van der Waals surface area contributed by atoms with Crippen molar-refractivity contribution in [2.45, 2.75) is 25.3 Å². The Labute approximate surface area is 123 Å². The van der Waals surface area contributed by atoms with Gasteiger partial charge in [0.2, 0.25) is 0 Å². The zero-order valence-electron chi connectivity index (χ0n) is 11.4. The van der Waals surface area contributed by atoms with E-state index in [1.54, 1.807) is 10.9 Å². The number of hydrogen-bond donors (Lipinski definition) is 2. The maximum absolute atomic E-state index is 12.4. The molecule has 1 saturated carbocycles. The summed E-state index contributed by atoms with van der Waals surface area (Å²) < 4.78 is 26.6. The maximum atomic E-state index is 12.4. The van der Waals surface area contributed by atoms with Crippen LogP contribution >= 0.6 is 0 Å². The van der Waals surface area contributed by atoms with Crippen molar-refractivity contribution in [3.63, 3.8) is 0 Å². The molecule has 2 N–H and O–H groups in total. The number of nitrogens with zero attached hydrogens (tertiary/aromatic N) is 6. The molecule has 8 nitrogen and oxygen atoms in total. The van der Waals surface area contributed by atoms with E-state index in [-0.39, 0.29) is 5.82 Å². The molecule has 1 aliphatic rings. The highest BCUT2D eigenvalue weighted by Gasteiger charge is 2.25. The molecule has 0 atom stereocenters. The molecule has 1 fully saturated rings. The first-order valence-electron chi connectivity index (χ1n) is 6.86. The highest BCUT2D eigenvalue weighted by atomic mass is 19.3. The maximum Gasteiger partial charge on any atom is 0.255 e. The van der Waals surface area contributed by atoms with Crippen LogP contribution in [-0.4, -0.2) is 47.9 Å². The van der Waals surface area contributed by atoms with Gasteiger partial charge in [-0.2, -0.15) is 0 Å². The summed E-state index contributed by atoms with van der Waals surface area (Å²) >= 11 is 0. The lowest BCUT2D eigenvalue weighted by Crippen LogP contribution is -2.12. The number of hydrogen-bond acceptors (Lipinski definition) is 6. The van der Waals surface area contributed by atoms with Gasteiger partial charge in [-0.1, -0.05) is 5.21 Å². The van der Waals surface area contributed by atoms with Crippen molar-refractivity contribution in [2.24, 2.45) is 0 Å². The summed E-state index contributed by atoms with van der Waals surface area (Å²) in [7, 11) is 0. The fourth-order valence-corrected chi connectivity index (χ4v) is 2.15. The van der Waals surface area contributed by atoms with Gasteiger partial charge in [0.15, 0.2) is 23.0 Å².